The Labute approximate surface area is 89.7 Å². The number of nitrogens with zero attached hydrogens (tertiary/aromatic N) is 2. The Kier molecular flexibility index (Phi) is 3.56. The van der Waals surface area contributed by atoms with Gasteiger partial charge < -0.3 is 5.11 Å². The first kappa shape index (κ1) is 11.5. The van der Waals surface area contributed by atoms with E-state index in [-0.39, 0.29) is 5.88 Å². The van der Waals surface area contributed by atoms with Gasteiger partial charge in [-0.05, 0) is 27.7 Å². The van der Waals surface area contributed by atoms with Gasteiger partial charge in [-0.2, -0.15) is 5.10 Å². The highest BCUT2D eigenvalue weighted by molar-refractivity contribution is 6.18. The Bertz CT molecular complexity index is 320. The number of halogens is 1. The molecule has 0 fully saturated rings. The van der Waals surface area contributed by atoms with E-state index in [1.54, 1.807) is 0 Å². The predicted octanol–water partition coefficient (Wildman–Crippen LogP) is 2.35. The van der Waals surface area contributed by atoms with Crippen LogP contribution in [0.15, 0.2) is 0 Å². The number of aryl methyl sites for hydroxylation is 1. The van der Waals surface area contributed by atoms with E-state index in [9.17, 15) is 5.11 Å². The van der Waals surface area contributed by atoms with E-state index in [1.807, 2.05) is 18.5 Å². The summed E-state index contributed by atoms with van der Waals surface area (Å²) in [6.07, 6.45) is -0.607. The first-order valence-electron chi connectivity index (χ1n) is 4.78. The summed E-state index contributed by atoms with van der Waals surface area (Å²) in [5.41, 5.74) is 2.74. The number of alkyl halides is 1. The molecule has 1 heterocycles. The lowest BCUT2D eigenvalue weighted by Crippen LogP contribution is -2.06. The maximum Gasteiger partial charge on any atom is 0.0960 e. The highest BCUT2D eigenvalue weighted by Gasteiger charge is 2.18. The molecule has 0 aliphatic rings. The van der Waals surface area contributed by atoms with Gasteiger partial charge in [-0.25, -0.2) is 0 Å². The van der Waals surface area contributed by atoms with E-state index < -0.39 is 6.10 Å². The molecule has 0 aliphatic carbocycles. The Morgan fingerprint density at radius 1 is 1.43 bits per heavy atom. The summed E-state index contributed by atoms with van der Waals surface area (Å²) in [5, 5.41) is 14.1. The van der Waals surface area contributed by atoms with Crippen molar-refractivity contribution in [2.24, 2.45) is 0 Å². The van der Waals surface area contributed by atoms with Gasteiger partial charge in [0, 0.05) is 17.3 Å². The minimum atomic E-state index is -0.607. The van der Waals surface area contributed by atoms with Crippen molar-refractivity contribution in [2.75, 3.05) is 5.88 Å². The molecule has 3 nitrogen and oxygen atoms in total. The van der Waals surface area contributed by atoms with E-state index >= 15 is 0 Å². The fourth-order valence-corrected chi connectivity index (χ4v) is 1.89. The SMILES string of the molecule is Cc1nn(C(C)C)c(C)c1C(O)CCl. The van der Waals surface area contributed by atoms with Crippen LogP contribution in [0.4, 0.5) is 0 Å². The zero-order chi connectivity index (χ0) is 10.9. The normalized spacial score (nSPS) is 13.6. The third-order valence-electron chi connectivity index (χ3n) is 2.35. The van der Waals surface area contributed by atoms with Crippen molar-refractivity contribution in [3.63, 3.8) is 0 Å². The molecule has 0 radical (unpaired) electrons. The summed E-state index contributed by atoms with van der Waals surface area (Å²) in [6.45, 7) is 7.99. The van der Waals surface area contributed by atoms with Crippen LogP contribution in [-0.2, 0) is 0 Å². The molecule has 1 N–H and O–H groups in total. The number of aliphatic hydroxyl groups is 1. The quantitative estimate of drug-likeness (QED) is 0.788. The van der Waals surface area contributed by atoms with Crippen molar-refractivity contribution in [2.45, 2.75) is 39.8 Å². The molecule has 0 aromatic carbocycles. The Morgan fingerprint density at radius 3 is 2.36 bits per heavy atom. The predicted molar refractivity (Wildman–Crippen MR) is 57.8 cm³/mol. The van der Waals surface area contributed by atoms with Crippen LogP contribution in [0.2, 0.25) is 0 Å². The van der Waals surface area contributed by atoms with Gasteiger partial charge in [0.15, 0.2) is 0 Å². The van der Waals surface area contributed by atoms with Gasteiger partial charge in [0.2, 0.25) is 0 Å². The first-order valence-corrected chi connectivity index (χ1v) is 5.32. The Balaban J connectivity index is 3.17. The van der Waals surface area contributed by atoms with Gasteiger partial charge in [0.1, 0.15) is 0 Å². The van der Waals surface area contributed by atoms with Crippen LogP contribution >= 0.6 is 11.6 Å². The number of aliphatic hydroxyl groups excluding tert-OH is 1. The van der Waals surface area contributed by atoms with E-state index in [0.29, 0.717) is 6.04 Å². The molecule has 1 unspecified atom stereocenters. The van der Waals surface area contributed by atoms with Crippen molar-refractivity contribution in [3.05, 3.63) is 17.0 Å². The van der Waals surface area contributed by atoms with Crippen molar-refractivity contribution in [1.29, 1.82) is 0 Å². The van der Waals surface area contributed by atoms with Gasteiger partial charge in [0.25, 0.3) is 0 Å². The van der Waals surface area contributed by atoms with Crippen LogP contribution in [0.1, 0.15) is 42.9 Å². The lowest BCUT2D eigenvalue weighted by molar-refractivity contribution is 0.201. The third kappa shape index (κ3) is 1.93. The van der Waals surface area contributed by atoms with Crippen LogP contribution in [0, 0.1) is 13.8 Å². The summed E-state index contributed by atoms with van der Waals surface area (Å²) in [6, 6.07) is 0.310. The van der Waals surface area contributed by atoms with Crippen LogP contribution < -0.4 is 0 Å². The molecular weight excluding hydrogens is 200 g/mol. The van der Waals surface area contributed by atoms with Crippen molar-refractivity contribution < 1.29 is 5.11 Å². The zero-order valence-electron chi connectivity index (χ0n) is 9.08. The number of aromatic nitrogens is 2. The van der Waals surface area contributed by atoms with Gasteiger partial charge in [-0.1, -0.05) is 0 Å². The lowest BCUT2D eigenvalue weighted by Gasteiger charge is -2.10. The molecule has 0 saturated carbocycles. The Hall–Kier alpha value is -0.540. The molecular formula is C10H17ClN2O. The van der Waals surface area contributed by atoms with Gasteiger partial charge in [-0.3, -0.25) is 4.68 Å². The fraction of sp³-hybridized carbons (Fsp3) is 0.700. The van der Waals surface area contributed by atoms with Crippen LogP contribution in [0.25, 0.3) is 0 Å². The van der Waals surface area contributed by atoms with Crippen LogP contribution in [0.3, 0.4) is 0 Å². The molecule has 1 rings (SSSR count). The molecule has 0 bridgehead atoms. The van der Waals surface area contributed by atoms with Crippen molar-refractivity contribution in [1.82, 2.24) is 9.78 Å². The monoisotopic (exact) mass is 216 g/mol. The average molecular weight is 217 g/mol. The molecule has 0 spiro atoms. The molecule has 0 saturated heterocycles. The second kappa shape index (κ2) is 4.32. The summed E-state index contributed by atoms with van der Waals surface area (Å²) >= 11 is 5.63. The third-order valence-corrected chi connectivity index (χ3v) is 2.64. The van der Waals surface area contributed by atoms with Gasteiger partial charge >= 0.3 is 0 Å². The molecule has 1 aromatic heterocycles. The number of hydrogen-bond acceptors (Lipinski definition) is 2. The second-order valence-electron chi connectivity index (χ2n) is 3.79. The highest BCUT2D eigenvalue weighted by Crippen LogP contribution is 2.24. The summed E-state index contributed by atoms with van der Waals surface area (Å²) < 4.78 is 1.92. The summed E-state index contributed by atoms with van der Waals surface area (Å²) in [4.78, 5) is 0. The topological polar surface area (TPSA) is 38.0 Å². The number of rotatable bonds is 3. The van der Waals surface area contributed by atoms with Crippen molar-refractivity contribution >= 4 is 11.6 Å². The Morgan fingerprint density at radius 2 is 2.00 bits per heavy atom. The average Bonchev–Trinajstić information content (AvgIpc) is 2.41. The zero-order valence-corrected chi connectivity index (χ0v) is 9.84. The van der Waals surface area contributed by atoms with Crippen molar-refractivity contribution in [3.8, 4) is 0 Å². The van der Waals surface area contributed by atoms with Gasteiger partial charge in [0.05, 0.1) is 17.7 Å². The van der Waals surface area contributed by atoms with Crippen LogP contribution in [0.5, 0.6) is 0 Å². The van der Waals surface area contributed by atoms with E-state index in [1.165, 1.54) is 0 Å². The minimum Gasteiger partial charge on any atom is -0.387 e. The molecule has 1 atom stereocenters. The fourth-order valence-electron chi connectivity index (χ4n) is 1.74. The molecule has 0 amide bonds. The van der Waals surface area contributed by atoms with E-state index in [2.05, 4.69) is 18.9 Å². The first-order chi connectivity index (χ1) is 6.49. The van der Waals surface area contributed by atoms with E-state index in [4.69, 9.17) is 11.6 Å². The summed E-state index contributed by atoms with van der Waals surface area (Å²) in [5.74, 6) is 0.214. The lowest BCUT2D eigenvalue weighted by atomic mass is 10.1. The van der Waals surface area contributed by atoms with Crippen LogP contribution in [-0.4, -0.2) is 20.8 Å². The maximum atomic E-state index is 9.70. The molecule has 80 valence electrons. The van der Waals surface area contributed by atoms with Gasteiger partial charge in [-0.15, -0.1) is 11.6 Å². The maximum absolute atomic E-state index is 9.70. The smallest absolute Gasteiger partial charge is 0.0960 e. The minimum absolute atomic E-state index is 0.214. The molecule has 0 aliphatic heterocycles. The molecule has 1 aromatic rings. The molecule has 4 heteroatoms. The highest BCUT2D eigenvalue weighted by atomic mass is 35.5. The largest absolute Gasteiger partial charge is 0.387 e. The number of hydrogen-bond donors (Lipinski definition) is 1. The second-order valence-corrected chi connectivity index (χ2v) is 4.10. The molecule has 14 heavy (non-hydrogen) atoms. The van der Waals surface area contributed by atoms with E-state index in [0.717, 1.165) is 17.0 Å². The standard InChI is InChI=1S/C10H17ClN2O/c1-6(2)13-8(4)10(7(3)12-13)9(14)5-11/h6,9,14H,5H2,1-4H3. The summed E-state index contributed by atoms with van der Waals surface area (Å²) in [7, 11) is 0.